The van der Waals surface area contributed by atoms with Crippen LogP contribution >= 0.6 is 15.9 Å². The molecule has 0 unspecified atom stereocenters. The number of carbonyl (C=O) groups is 1. The minimum absolute atomic E-state index is 0.102. The van der Waals surface area contributed by atoms with Gasteiger partial charge in [0, 0.05) is 15.7 Å². The first-order valence-corrected chi connectivity index (χ1v) is 7.32. The van der Waals surface area contributed by atoms with Crippen LogP contribution in [0.1, 0.15) is 31.3 Å². The van der Waals surface area contributed by atoms with Crippen LogP contribution in [0.3, 0.4) is 0 Å². The Hall–Kier alpha value is -1.95. The summed E-state index contributed by atoms with van der Waals surface area (Å²) in [6.45, 7) is 6.09. The highest BCUT2D eigenvalue weighted by molar-refractivity contribution is 9.10. The quantitative estimate of drug-likeness (QED) is 0.887. The lowest BCUT2D eigenvalue weighted by Crippen LogP contribution is -2.27. The number of halogens is 1. The van der Waals surface area contributed by atoms with Crippen molar-refractivity contribution in [2.24, 2.45) is 0 Å². The molecule has 21 heavy (non-hydrogen) atoms. The Morgan fingerprint density at radius 2 is 1.90 bits per heavy atom. The fourth-order valence-corrected chi connectivity index (χ4v) is 2.06. The van der Waals surface area contributed by atoms with E-state index in [2.05, 4.69) is 36.8 Å². The molecule has 0 bridgehead atoms. The average Bonchev–Trinajstić information content (AvgIpc) is 2.37. The Bertz CT molecular complexity index is 635. The third-order valence-electron chi connectivity index (χ3n) is 2.48. The average molecular weight is 349 g/mol. The number of nitrogens with one attached hydrogen (secondary N) is 2. The standard InChI is InChI=1S/C15H17BrN4O/c1-15(2,3)18-13-8-7-12(19-20-13)14(21)17-11-6-4-5-10(16)9-11/h4-9H,1-3H3,(H,17,21)(H,18,20). The number of rotatable bonds is 3. The summed E-state index contributed by atoms with van der Waals surface area (Å²) in [5, 5.41) is 13.9. The van der Waals surface area contributed by atoms with Gasteiger partial charge in [0.15, 0.2) is 5.69 Å². The van der Waals surface area contributed by atoms with Crippen molar-refractivity contribution in [1.29, 1.82) is 0 Å². The van der Waals surface area contributed by atoms with Crippen molar-refractivity contribution in [1.82, 2.24) is 10.2 Å². The normalized spacial score (nSPS) is 11.0. The van der Waals surface area contributed by atoms with Crippen molar-refractivity contribution in [3.8, 4) is 0 Å². The molecule has 0 radical (unpaired) electrons. The Morgan fingerprint density at radius 1 is 1.14 bits per heavy atom. The second-order valence-electron chi connectivity index (χ2n) is 5.64. The van der Waals surface area contributed by atoms with E-state index in [-0.39, 0.29) is 17.1 Å². The predicted octanol–water partition coefficient (Wildman–Crippen LogP) is 3.70. The zero-order valence-electron chi connectivity index (χ0n) is 12.1. The lowest BCUT2D eigenvalue weighted by molar-refractivity contribution is 0.102. The van der Waals surface area contributed by atoms with Gasteiger partial charge in [0.25, 0.3) is 5.91 Å². The maximum atomic E-state index is 12.1. The molecule has 0 atom stereocenters. The van der Waals surface area contributed by atoms with Crippen molar-refractivity contribution in [3.05, 3.63) is 46.6 Å². The van der Waals surface area contributed by atoms with Crippen LogP contribution in [-0.2, 0) is 0 Å². The summed E-state index contributed by atoms with van der Waals surface area (Å²) in [4.78, 5) is 12.1. The Kier molecular flexibility index (Phi) is 4.57. The van der Waals surface area contributed by atoms with Gasteiger partial charge in [-0.1, -0.05) is 22.0 Å². The number of nitrogens with zero attached hydrogens (tertiary/aromatic N) is 2. The predicted molar refractivity (Wildman–Crippen MR) is 87.5 cm³/mol. The van der Waals surface area contributed by atoms with Gasteiger partial charge in [-0.05, 0) is 51.1 Å². The van der Waals surface area contributed by atoms with E-state index in [1.54, 1.807) is 12.1 Å². The summed E-state index contributed by atoms with van der Waals surface area (Å²) in [6, 6.07) is 10.8. The van der Waals surface area contributed by atoms with Crippen LogP contribution in [0.2, 0.25) is 0 Å². The van der Waals surface area contributed by atoms with E-state index < -0.39 is 0 Å². The van der Waals surface area contributed by atoms with E-state index in [1.807, 2.05) is 45.0 Å². The van der Waals surface area contributed by atoms with Gasteiger partial charge >= 0.3 is 0 Å². The molecule has 0 aliphatic carbocycles. The van der Waals surface area contributed by atoms with Gasteiger partial charge in [-0.15, -0.1) is 10.2 Å². The molecule has 110 valence electrons. The molecule has 5 nitrogen and oxygen atoms in total. The van der Waals surface area contributed by atoms with E-state index in [1.165, 1.54) is 0 Å². The summed E-state index contributed by atoms with van der Waals surface area (Å²) in [5.41, 5.74) is 0.872. The first-order valence-electron chi connectivity index (χ1n) is 6.52. The molecule has 1 heterocycles. The van der Waals surface area contributed by atoms with Crippen molar-refractivity contribution < 1.29 is 4.79 Å². The SMILES string of the molecule is CC(C)(C)Nc1ccc(C(=O)Nc2cccc(Br)c2)nn1. The maximum absolute atomic E-state index is 12.1. The minimum atomic E-state index is -0.289. The highest BCUT2D eigenvalue weighted by Crippen LogP contribution is 2.16. The van der Waals surface area contributed by atoms with E-state index >= 15 is 0 Å². The van der Waals surface area contributed by atoms with E-state index in [4.69, 9.17) is 0 Å². The maximum Gasteiger partial charge on any atom is 0.276 e. The number of carbonyl (C=O) groups excluding carboxylic acids is 1. The number of anilines is 2. The zero-order valence-corrected chi connectivity index (χ0v) is 13.7. The summed E-state index contributed by atoms with van der Waals surface area (Å²) in [5.74, 6) is 0.351. The number of amides is 1. The smallest absolute Gasteiger partial charge is 0.276 e. The molecule has 6 heteroatoms. The van der Waals surface area contributed by atoms with E-state index in [9.17, 15) is 4.79 Å². The first-order chi connectivity index (χ1) is 9.83. The monoisotopic (exact) mass is 348 g/mol. The van der Waals surface area contributed by atoms with Crippen LogP contribution in [0, 0.1) is 0 Å². The van der Waals surface area contributed by atoms with Crippen molar-refractivity contribution in [2.75, 3.05) is 10.6 Å². The number of hydrogen-bond acceptors (Lipinski definition) is 4. The molecule has 0 aliphatic rings. The van der Waals surface area contributed by atoms with Gasteiger partial charge < -0.3 is 10.6 Å². The van der Waals surface area contributed by atoms with Crippen molar-refractivity contribution in [3.63, 3.8) is 0 Å². The van der Waals surface area contributed by atoms with E-state index in [0.717, 1.165) is 4.47 Å². The van der Waals surface area contributed by atoms with Crippen molar-refractivity contribution in [2.45, 2.75) is 26.3 Å². The summed E-state index contributed by atoms with van der Waals surface area (Å²) < 4.78 is 0.899. The van der Waals surface area contributed by atoms with Crippen LogP contribution in [0.4, 0.5) is 11.5 Å². The highest BCUT2D eigenvalue weighted by atomic mass is 79.9. The number of benzene rings is 1. The first kappa shape index (κ1) is 15.4. The van der Waals surface area contributed by atoms with Gasteiger partial charge in [-0.3, -0.25) is 4.79 Å². The minimum Gasteiger partial charge on any atom is -0.364 e. The van der Waals surface area contributed by atoms with Gasteiger partial charge in [0.05, 0.1) is 0 Å². The molecular formula is C15H17BrN4O. The van der Waals surface area contributed by atoms with Crippen LogP contribution in [0.15, 0.2) is 40.9 Å². The molecule has 0 aliphatic heterocycles. The lowest BCUT2D eigenvalue weighted by Gasteiger charge is -2.20. The molecular weight excluding hydrogens is 332 g/mol. The molecule has 0 saturated carbocycles. The summed E-state index contributed by atoms with van der Waals surface area (Å²) >= 11 is 3.36. The second-order valence-corrected chi connectivity index (χ2v) is 6.56. The number of aromatic nitrogens is 2. The number of hydrogen-bond donors (Lipinski definition) is 2. The van der Waals surface area contributed by atoms with Gasteiger partial charge in [-0.25, -0.2) is 0 Å². The molecule has 1 amide bonds. The topological polar surface area (TPSA) is 66.9 Å². The van der Waals surface area contributed by atoms with Gasteiger partial charge in [0.2, 0.25) is 0 Å². The highest BCUT2D eigenvalue weighted by Gasteiger charge is 2.12. The second kappa shape index (κ2) is 6.22. The van der Waals surface area contributed by atoms with Crippen LogP contribution in [-0.4, -0.2) is 21.6 Å². The Morgan fingerprint density at radius 3 is 2.48 bits per heavy atom. The van der Waals surface area contributed by atoms with Crippen LogP contribution in [0.25, 0.3) is 0 Å². The third kappa shape index (κ3) is 4.82. The summed E-state index contributed by atoms with van der Waals surface area (Å²) in [6.07, 6.45) is 0. The molecule has 2 aromatic rings. The van der Waals surface area contributed by atoms with Gasteiger partial charge in [0.1, 0.15) is 5.82 Å². The fourth-order valence-electron chi connectivity index (χ4n) is 1.67. The third-order valence-corrected chi connectivity index (χ3v) is 2.98. The molecule has 0 fully saturated rings. The lowest BCUT2D eigenvalue weighted by atomic mass is 10.1. The van der Waals surface area contributed by atoms with Gasteiger partial charge in [-0.2, -0.15) is 0 Å². The summed E-state index contributed by atoms with van der Waals surface area (Å²) in [7, 11) is 0. The molecule has 1 aromatic carbocycles. The van der Waals surface area contributed by atoms with Crippen LogP contribution in [0.5, 0.6) is 0 Å². The zero-order chi connectivity index (χ0) is 15.5. The molecule has 2 rings (SSSR count). The van der Waals surface area contributed by atoms with Crippen LogP contribution < -0.4 is 10.6 Å². The molecule has 0 spiro atoms. The molecule has 1 aromatic heterocycles. The van der Waals surface area contributed by atoms with Crippen molar-refractivity contribution >= 4 is 33.3 Å². The van der Waals surface area contributed by atoms with E-state index in [0.29, 0.717) is 11.5 Å². The Labute approximate surface area is 132 Å². The Balaban J connectivity index is 2.06. The fraction of sp³-hybridized carbons (Fsp3) is 0.267. The molecule has 0 saturated heterocycles. The largest absolute Gasteiger partial charge is 0.364 e. The molecule has 2 N–H and O–H groups in total.